The van der Waals surface area contributed by atoms with Gasteiger partial charge in [0.2, 0.25) is 5.28 Å². The van der Waals surface area contributed by atoms with Crippen LogP contribution in [-0.2, 0) is 0 Å². The summed E-state index contributed by atoms with van der Waals surface area (Å²) in [6, 6.07) is 7.63. The number of hydrogen-bond donors (Lipinski definition) is 0. The average Bonchev–Trinajstić information content (AvgIpc) is 2.30. The zero-order valence-electron chi connectivity index (χ0n) is 7.98. The van der Waals surface area contributed by atoms with E-state index in [2.05, 4.69) is 9.97 Å². The van der Waals surface area contributed by atoms with Gasteiger partial charge in [0, 0.05) is 5.56 Å². The molecule has 2 aromatic rings. The summed E-state index contributed by atoms with van der Waals surface area (Å²) in [6.45, 7) is 0. The van der Waals surface area contributed by atoms with Crippen molar-refractivity contribution in [3.05, 3.63) is 47.1 Å². The summed E-state index contributed by atoms with van der Waals surface area (Å²) < 4.78 is 12.7. The third kappa shape index (κ3) is 2.00. The first kappa shape index (κ1) is 10.5. The number of nitriles is 1. The smallest absolute Gasteiger partial charge is 0.222 e. The lowest BCUT2D eigenvalue weighted by Gasteiger charge is -2.02. The van der Waals surface area contributed by atoms with Crippen molar-refractivity contribution < 1.29 is 4.39 Å². The predicted molar refractivity (Wildman–Crippen MR) is 57.2 cm³/mol. The maximum Gasteiger partial charge on any atom is 0.222 e. The number of halogens is 2. The van der Waals surface area contributed by atoms with E-state index in [1.165, 1.54) is 30.5 Å². The van der Waals surface area contributed by atoms with Gasteiger partial charge in [-0.25, -0.2) is 14.4 Å². The van der Waals surface area contributed by atoms with Crippen LogP contribution in [-0.4, -0.2) is 9.97 Å². The van der Waals surface area contributed by atoms with E-state index < -0.39 is 0 Å². The molecule has 5 heteroatoms. The molecule has 0 aliphatic carbocycles. The number of rotatable bonds is 1. The Bertz CT molecular complexity index is 560. The highest BCUT2D eigenvalue weighted by Gasteiger charge is 2.08. The van der Waals surface area contributed by atoms with Crippen LogP contribution in [0.2, 0.25) is 5.28 Å². The minimum atomic E-state index is -0.345. The van der Waals surface area contributed by atoms with Crippen molar-refractivity contribution >= 4 is 11.6 Å². The molecule has 0 spiro atoms. The van der Waals surface area contributed by atoms with E-state index in [1.54, 1.807) is 0 Å². The van der Waals surface area contributed by atoms with Crippen LogP contribution < -0.4 is 0 Å². The predicted octanol–water partition coefficient (Wildman–Crippen LogP) is 2.81. The third-order valence-corrected chi connectivity index (χ3v) is 2.18. The first-order valence-electron chi connectivity index (χ1n) is 4.39. The molecule has 0 atom stereocenters. The summed E-state index contributed by atoms with van der Waals surface area (Å²) in [7, 11) is 0. The number of hydrogen-bond acceptors (Lipinski definition) is 3. The molecule has 1 aromatic carbocycles. The van der Waals surface area contributed by atoms with Crippen LogP contribution in [0.4, 0.5) is 4.39 Å². The number of aromatic nitrogens is 2. The molecule has 3 nitrogen and oxygen atoms in total. The van der Waals surface area contributed by atoms with E-state index >= 15 is 0 Å². The van der Waals surface area contributed by atoms with Gasteiger partial charge in [-0.2, -0.15) is 5.26 Å². The first-order chi connectivity index (χ1) is 7.70. The van der Waals surface area contributed by atoms with Crippen LogP contribution >= 0.6 is 11.6 Å². The van der Waals surface area contributed by atoms with Gasteiger partial charge in [-0.3, -0.25) is 0 Å². The fourth-order valence-corrected chi connectivity index (χ4v) is 1.40. The van der Waals surface area contributed by atoms with Crippen molar-refractivity contribution in [1.82, 2.24) is 9.97 Å². The minimum Gasteiger partial charge on any atom is -0.225 e. The minimum absolute atomic E-state index is 0.0540. The molecule has 2 rings (SSSR count). The second-order valence-electron chi connectivity index (χ2n) is 3.02. The van der Waals surface area contributed by atoms with Crippen LogP contribution in [0.15, 0.2) is 30.5 Å². The quantitative estimate of drug-likeness (QED) is 0.712. The molecule has 0 fully saturated rings. The van der Waals surface area contributed by atoms with Gasteiger partial charge in [0.05, 0.1) is 17.5 Å². The monoisotopic (exact) mass is 233 g/mol. The van der Waals surface area contributed by atoms with Gasteiger partial charge < -0.3 is 0 Å². The van der Waals surface area contributed by atoms with Crippen molar-refractivity contribution in [3.8, 4) is 17.3 Å². The summed E-state index contributed by atoms with van der Waals surface area (Å²) in [5.41, 5.74) is 1.33. The van der Waals surface area contributed by atoms with Crippen LogP contribution in [0.5, 0.6) is 0 Å². The highest BCUT2D eigenvalue weighted by atomic mass is 35.5. The van der Waals surface area contributed by atoms with E-state index in [-0.39, 0.29) is 11.1 Å². The van der Waals surface area contributed by atoms with E-state index in [4.69, 9.17) is 16.9 Å². The van der Waals surface area contributed by atoms with Gasteiger partial charge >= 0.3 is 0 Å². The molecular formula is C11H5ClFN3. The molecule has 0 aliphatic heterocycles. The molecule has 0 saturated carbocycles. The van der Waals surface area contributed by atoms with Gasteiger partial charge in [0.1, 0.15) is 11.9 Å². The summed E-state index contributed by atoms with van der Waals surface area (Å²) in [4.78, 5) is 7.66. The molecule has 16 heavy (non-hydrogen) atoms. The second kappa shape index (κ2) is 4.25. The lowest BCUT2D eigenvalue weighted by Crippen LogP contribution is -1.92. The van der Waals surface area contributed by atoms with Crippen LogP contribution in [0.3, 0.4) is 0 Å². The Morgan fingerprint density at radius 2 is 1.94 bits per heavy atom. The van der Waals surface area contributed by atoms with Crippen LogP contribution in [0.1, 0.15) is 5.56 Å². The summed E-state index contributed by atoms with van der Waals surface area (Å²) in [5, 5.41) is 8.93. The molecule has 78 valence electrons. The Morgan fingerprint density at radius 3 is 2.56 bits per heavy atom. The van der Waals surface area contributed by atoms with E-state index in [0.717, 1.165) is 0 Å². The maximum atomic E-state index is 12.7. The maximum absolute atomic E-state index is 12.7. The topological polar surface area (TPSA) is 49.6 Å². The lowest BCUT2D eigenvalue weighted by molar-refractivity contribution is 0.628. The molecule has 0 bridgehead atoms. The average molecular weight is 234 g/mol. The highest BCUT2D eigenvalue weighted by molar-refractivity contribution is 6.28. The molecule has 1 heterocycles. The normalized spacial score (nSPS) is 9.81. The van der Waals surface area contributed by atoms with Crippen molar-refractivity contribution in [1.29, 1.82) is 5.26 Å². The summed E-state index contributed by atoms with van der Waals surface area (Å²) >= 11 is 5.65. The second-order valence-corrected chi connectivity index (χ2v) is 3.36. The first-order valence-corrected chi connectivity index (χ1v) is 4.77. The summed E-state index contributed by atoms with van der Waals surface area (Å²) in [5.74, 6) is -0.345. The highest BCUT2D eigenvalue weighted by Crippen LogP contribution is 2.21. The fourth-order valence-electron chi connectivity index (χ4n) is 1.27. The van der Waals surface area contributed by atoms with Crippen molar-refractivity contribution in [2.75, 3.05) is 0 Å². The summed E-state index contributed by atoms with van der Waals surface area (Å²) in [6.07, 6.45) is 1.34. The van der Waals surface area contributed by atoms with Gasteiger partial charge in [-0.1, -0.05) is 0 Å². The molecular weight excluding hydrogens is 229 g/mol. The van der Waals surface area contributed by atoms with Crippen LogP contribution in [0, 0.1) is 17.1 Å². The lowest BCUT2D eigenvalue weighted by atomic mass is 10.1. The van der Waals surface area contributed by atoms with Crippen molar-refractivity contribution in [3.63, 3.8) is 0 Å². The molecule has 0 N–H and O–H groups in total. The fraction of sp³-hybridized carbons (Fsp3) is 0. The van der Waals surface area contributed by atoms with Gasteiger partial charge in [0.15, 0.2) is 0 Å². The van der Waals surface area contributed by atoms with Crippen molar-refractivity contribution in [2.24, 2.45) is 0 Å². The molecule has 0 saturated heterocycles. The van der Waals surface area contributed by atoms with E-state index in [1.807, 2.05) is 6.07 Å². The van der Waals surface area contributed by atoms with Crippen LogP contribution in [0.25, 0.3) is 11.3 Å². The molecule has 0 aliphatic rings. The SMILES string of the molecule is N#Cc1cnc(Cl)nc1-c1ccc(F)cc1. The Morgan fingerprint density at radius 1 is 1.25 bits per heavy atom. The molecule has 1 aromatic heterocycles. The Hall–Kier alpha value is -1.99. The zero-order chi connectivity index (χ0) is 11.5. The molecule has 0 radical (unpaired) electrons. The number of nitrogens with zero attached hydrogens (tertiary/aromatic N) is 3. The van der Waals surface area contributed by atoms with Gasteiger partial charge in [-0.05, 0) is 35.9 Å². The standard InChI is InChI=1S/C11H5ClFN3/c12-11-15-6-8(5-14)10(16-11)7-1-3-9(13)4-2-7/h1-4,6H. The molecule has 0 unspecified atom stereocenters. The third-order valence-electron chi connectivity index (χ3n) is 2.00. The Kier molecular flexibility index (Phi) is 2.80. The Balaban J connectivity index is 2.59. The van der Waals surface area contributed by atoms with Crippen molar-refractivity contribution in [2.45, 2.75) is 0 Å². The van der Waals surface area contributed by atoms with Gasteiger partial charge in [-0.15, -0.1) is 0 Å². The number of benzene rings is 1. The van der Waals surface area contributed by atoms with E-state index in [9.17, 15) is 4.39 Å². The molecule has 0 amide bonds. The zero-order valence-corrected chi connectivity index (χ0v) is 8.74. The van der Waals surface area contributed by atoms with E-state index in [0.29, 0.717) is 16.8 Å². The Labute approximate surface area is 96.2 Å². The largest absolute Gasteiger partial charge is 0.225 e. The van der Waals surface area contributed by atoms with Gasteiger partial charge in [0.25, 0.3) is 0 Å².